The second kappa shape index (κ2) is 13.8. The van der Waals surface area contributed by atoms with Crippen molar-refractivity contribution in [1.29, 1.82) is 0 Å². The predicted octanol–water partition coefficient (Wildman–Crippen LogP) is 5.03. The van der Waals surface area contributed by atoms with Crippen molar-refractivity contribution in [2.24, 2.45) is 0 Å². The molecule has 0 N–H and O–H groups in total. The maximum atomic E-state index is 2.39. The first-order valence-electron chi connectivity index (χ1n) is 7.57. The summed E-state index contributed by atoms with van der Waals surface area (Å²) in [5.41, 5.74) is 0. The van der Waals surface area contributed by atoms with Gasteiger partial charge in [-0.15, -0.1) is 0 Å². The highest BCUT2D eigenvalue weighted by molar-refractivity contribution is 4.81. The van der Waals surface area contributed by atoms with Crippen LogP contribution in [0.1, 0.15) is 71.1 Å². The molecule has 0 saturated heterocycles. The van der Waals surface area contributed by atoms with Crippen LogP contribution in [0.25, 0.3) is 0 Å². The molecule has 17 heavy (non-hydrogen) atoms. The van der Waals surface area contributed by atoms with Crippen LogP contribution in [0.15, 0.2) is 12.2 Å². The van der Waals surface area contributed by atoms with E-state index >= 15 is 0 Å². The summed E-state index contributed by atoms with van der Waals surface area (Å²) in [5, 5.41) is 0. The normalized spacial score (nSPS) is 11.8. The number of hydrogen-bond acceptors (Lipinski definition) is 1. The van der Waals surface area contributed by atoms with Crippen molar-refractivity contribution in [3.05, 3.63) is 12.2 Å². The molecule has 0 saturated carbocycles. The fourth-order valence-corrected chi connectivity index (χ4v) is 1.97. The Bertz CT molecular complexity index is 161. The molecule has 0 aromatic rings. The largest absolute Gasteiger partial charge is 0.309 e. The third-order valence-electron chi connectivity index (χ3n) is 3.12. The first-order chi connectivity index (χ1) is 8.27. The van der Waals surface area contributed by atoms with E-state index in [-0.39, 0.29) is 0 Å². The third kappa shape index (κ3) is 15.7. The van der Waals surface area contributed by atoms with Gasteiger partial charge in [0.1, 0.15) is 0 Å². The van der Waals surface area contributed by atoms with E-state index in [1.807, 2.05) is 0 Å². The van der Waals surface area contributed by atoms with Crippen LogP contribution in [0.3, 0.4) is 0 Å². The topological polar surface area (TPSA) is 3.24 Å². The lowest BCUT2D eigenvalue weighted by molar-refractivity contribution is 0.390. The van der Waals surface area contributed by atoms with Crippen molar-refractivity contribution in [2.75, 3.05) is 20.6 Å². The summed E-state index contributed by atoms with van der Waals surface area (Å²) in [4.78, 5) is 2.27. The highest BCUT2D eigenvalue weighted by atomic mass is 15.0. The van der Waals surface area contributed by atoms with Gasteiger partial charge in [0.2, 0.25) is 0 Å². The molecule has 0 aliphatic carbocycles. The zero-order valence-corrected chi connectivity index (χ0v) is 12.4. The minimum absolute atomic E-state index is 1.24. The van der Waals surface area contributed by atoms with Crippen LogP contribution >= 0.6 is 0 Å². The van der Waals surface area contributed by atoms with Gasteiger partial charge >= 0.3 is 0 Å². The molecule has 0 aromatic carbocycles. The molecule has 102 valence electrons. The molecular weight excluding hydrogens is 206 g/mol. The Hall–Kier alpha value is -0.300. The molecule has 0 aliphatic rings. The van der Waals surface area contributed by atoms with Crippen molar-refractivity contribution in [3.8, 4) is 0 Å². The van der Waals surface area contributed by atoms with Gasteiger partial charge in [-0.1, -0.05) is 51.2 Å². The molecule has 0 rings (SSSR count). The van der Waals surface area contributed by atoms with E-state index in [1.165, 1.54) is 70.8 Å². The van der Waals surface area contributed by atoms with Crippen molar-refractivity contribution in [1.82, 2.24) is 4.90 Å². The SMILES string of the molecule is CCCCCC/C=C\CCCCCCN(C)C. The van der Waals surface area contributed by atoms with E-state index in [4.69, 9.17) is 0 Å². The highest BCUT2D eigenvalue weighted by Gasteiger charge is 1.91. The van der Waals surface area contributed by atoms with E-state index in [9.17, 15) is 0 Å². The Balaban J connectivity index is 3.04. The van der Waals surface area contributed by atoms with Gasteiger partial charge in [-0.2, -0.15) is 0 Å². The molecule has 0 heterocycles. The van der Waals surface area contributed by atoms with Crippen molar-refractivity contribution < 1.29 is 0 Å². The van der Waals surface area contributed by atoms with Crippen LogP contribution in [-0.2, 0) is 0 Å². The van der Waals surface area contributed by atoms with Gasteiger partial charge in [0, 0.05) is 0 Å². The second-order valence-electron chi connectivity index (χ2n) is 5.33. The summed E-state index contributed by atoms with van der Waals surface area (Å²) >= 11 is 0. The minimum atomic E-state index is 1.24. The third-order valence-corrected chi connectivity index (χ3v) is 3.12. The minimum Gasteiger partial charge on any atom is -0.309 e. The van der Waals surface area contributed by atoms with E-state index in [2.05, 4.69) is 38.1 Å². The second-order valence-corrected chi connectivity index (χ2v) is 5.33. The quantitative estimate of drug-likeness (QED) is 0.341. The van der Waals surface area contributed by atoms with Crippen molar-refractivity contribution >= 4 is 0 Å². The van der Waals surface area contributed by atoms with Crippen LogP contribution in [0.5, 0.6) is 0 Å². The lowest BCUT2D eigenvalue weighted by Crippen LogP contribution is -2.12. The average molecular weight is 239 g/mol. The Morgan fingerprint density at radius 2 is 1.24 bits per heavy atom. The molecule has 0 aromatic heterocycles. The molecule has 0 bridgehead atoms. The van der Waals surface area contributed by atoms with Gasteiger partial charge in [0.15, 0.2) is 0 Å². The van der Waals surface area contributed by atoms with Crippen molar-refractivity contribution in [3.63, 3.8) is 0 Å². The number of allylic oxidation sites excluding steroid dienone is 2. The fourth-order valence-electron chi connectivity index (χ4n) is 1.97. The van der Waals surface area contributed by atoms with Crippen molar-refractivity contribution in [2.45, 2.75) is 71.1 Å². The van der Waals surface area contributed by atoms with Crippen LogP contribution in [-0.4, -0.2) is 25.5 Å². The van der Waals surface area contributed by atoms with Crippen LogP contribution in [0, 0.1) is 0 Å². The number of rotatable bonds is 12. The van der Waals surface area contributed by atoms with Gasteiger partial charge in [-0.3, -0.25) is 0 Å². The molecule has 1 nitrogen and oxygen atoms in total. The van der Waals surface area contributed by atoms with Gasteiger partial charge < -0.3 is 4.90 Å². The summed E-state index contributed by atoms with van der Waals surface area (Å²) < 4.78 is 0. The zero-order valence-electron chi connectivity index (χ0n) is 12.4. The maximum Gasteiger partial charge on any atom is -0.00248 e. The molecule has 0 fully saturated rings. The van der Waals surface area contributed by atoms with Crippen LogP contribution < -0.4 is 0 Å². The fraction of sp³-hybridized carbons (Fsp3) is 0.875. The van der Waals surface area contributed by atoms with Crippen LogP contribution in [0.4, 0.5) is 0 Å². The first kappa shape index (κ1) is 16.7. The van der Waals surface area contributed by atoms with Gasteiger partial charge in [-0.25, -0.2) is 0 Å². The van der Waals surface area contributed by atoms with E-state index in [0.29, 0.717) is 0 Å². The lowest BCUT2D eigenvalue weighted by atomic mass is 10.1. The highest BCUT2D eigenvalue weighted by Crippen LogP contribution is 2.06. The van der Waals surface area contributed by atoms with Gasteiger partial charge in [0.05, 0.1) is 0 Å². The summed E-state index contributed by atoms with van der Waals surface area (Å²) in [5.74, 6) is 0. The molecule has 0 unspecified atom stereocenters. The summed E-state index contributed by atoms with van der Waals surface area (Å²) in [6, 6.07) is 0. The Morgan fingerprint density at radius 1 is 0.706 bits per heavy atom. The first-order valence-corrected chi connectivity index (χ1v) is 7.57. The monoisotopic (exact) mass is 239 g/mol. The van der Waals surface area contributed by atoms with Gasteiger partial charge in [-0.05, 0) is 52.7 Å². The number of hydrogen-bond donors (Lipinski definition) is 0. The summed E-state index contributed by atoms with van der Waals surface area (Å²) in [6.45, 7) is 3.51. The molecule has 1 heteroatoms. The molecule has 0 radical (unpaired) electrons. The maximum absolute atomic E-state index is 2.39. The lowest BCUT2D eigenvalue weighted by Gasteiger charge is -2.07. The summed E-state index contributed by atoms with van der Waals surface area (Å²) in [6.07, 6.45) is 18.4. The smallest absolute Gasteiger partial charge is 0.00248 e. The number of unbranched alkanes of at least 4 members (excludes halogenated alkanes) is 8. The average Bonchev–Trinajstić information content (AvgIpc) is 2.30. The molecule has 0 amide bonds. The Labute approximate surface area is 109 Å². The van der Waals surface area contributed by atoms with Crippen LogP contribution in [0.2, 0.25) is 0 Å². The molecular formula is C16H33N. The molecule has 0 atom stereocenters. The molecule has 0 spiro atoms. The van der Waals surface area contributed by atoms with E-state index in [0.717, 1.165) is 0 Å². The standard InChI is InChI=1S/C16H33N/c1-4-5-6-7-8-9-10-11-12-13-14-15-16-17(2)3/h9-10H,4-8,11-16H2,1-3H3/b10-9-. The van der Waals surface area contributed by atoms with E-state index in [1.54, 1.807) is 0 Å². The zero-order chi connectivity index (χ0) is 12.8. The Kier molecular flexibility index (Phi) is 13.5. The van der Waals surface area contributed by atoms with E-state index < -0.39 is 0 Å². The van der Waals surface area contributed by atoms with Gasteiger partial charge in [0.25, 0.3) is 0 Å². The number of nitrogens with zero attached hydrogens (tertiary/aromatic N) is 1. The predicted molar refractivity (Wildman–Crippen MR) is 79.5 cm³/mol. The Morgan fingerprint density at radius 3 is 1.76 bits per heavy atom. The molecule has 0 aliphatic heterocycles. The summed E-state index contributed by atoms with van der Waals surface area (Å²) in [7, 11) is 4.31.